The SMILES string of the molecule is CC(S)c1ccc(F)c(Br)c1. The van der Waals surface area contributed by atoms with E-state index in [-0.39, 0.29) is 11.1 Å². The molecule has 0 aliphatic carbocycles. The van der Waals surface area contributed by atoms with Gasteiger partial charge in [0, 0.05) is 5.25 Å². The first-order valence-corrected chi connectivity index (χ1v) is 4.55. The maximum atomic E-state index is 12.7. The van der Waals surface area contributed by atoms with E-state index in [4.69, 9.17) is 0 Å². The van der Waals surface area contributed by atoms with Crippen LogP contribution in [0.4, 0.5) is 4.39 Å². The third-order valence-corrected chi connectivity index (χ3v) is 2.33. The Morgan fingerprint density at radius 3 is 2.64 bits per heavy atom. The molecule has 0 heterocycles. The summed E-state index contributed by atoms with van der Waals surface area (Å²) in [6.45, 7) is 1.95. The van der Waals surface area contributed by atoms with Crippen molar-refractivity contribution < 1.29 is 4.39 Å². The van der Waals surface area contributed by atoms with Crippen LogP contribution in [0.25, 0.3) is 0 Å². The molecule has 1 aromatic carbocycles. The summed E-state index contributed by atoms with van der Waals surface area (Å²) in [5.41, 5.74) is 1.02. The Morgan fingerprint density at radius 1 is 1.55 bits per heavy atom. The van der Waals surface area contributed by atoms with Crippen molar-refractivity contribution in [1.82, 2.24) is 0 Å². The number of hydrogen-bond donors (Lipinski definition) is 1. The average molecular weight is 235 g/mol. The van der Waals surface area contributed by atoms with Crippen molar-refractivity contribution in [2.45, 2.75) is 12.2 Å². The third kappa shape index (κ3) is 2.20. The first-order chi connectivity index (χ1) is 5.11. The van der Waals surface area contributed by atoms with E-state index in [0.717, 1.165) is 5.56 Å². The maximum Gasteiger partial charge on any atom is 0.137 e. The van der Waals surface area contributed by atoms with E-state index >= 15 is 0 Å². The summed E-state index contributed by atoms with van der Waals surface area (Å²) in [5, 5.41) is 0.145. The second-order valence-corrected chi connectivity index (χ2v) is 3.98. The van der Waals surface area contributed by atoms with Crippen LogP contribution in [0.15, 0.2) is 22.7 Å². The predicted molar refractivity (Wildman–Crippen MR) is 51.5 cm³/mol. The first-order valence-electron chi connectivity index (χ1n) is 3.24. The van der Waals surface area contributed by atoms with Gasteiger partial charge in [-0.3, -0.25) is 0 Å². The van der Waals surface area contributed by atoms with Crippen LogP contribution in [0.1, 0.15) is 17.7 Å². The molecule has 0 radical (unpaired) electrons. The lowest BCUT2D eigenvalue weighted by Gasteiger charge is -2.04. The number of hydrogen-bond acceptors (Lipinski definition) is 1. The minimum Gasteiger partial charge on any atom is -0.206 e. The van der Waals surface area contributed by atoms with Crippen LogP contribution in [0.2, 0.25) is 0 Å². The molecule has 0 bridgehead atoms. The van der Waals surface area contributed by atoms with Crippen LogP contribution < -0.4 is 0 Å². The Kier molecular flexibility index (Phi) is 2.96. The highest BCUT2D eigenvalue weighted by molar-refractivity contribution is 9.10. The van der Waals surface area contributed by atoms with E-state index in [1.54, 1.807) is 12.1 Å². The van der Waals surface area contributed by atoms with Crippen molar-refractivity contribution in [2.24, 2.45) is 0 Å². The fourth-order valence-corrected chi connectivity index (χ4v) is 1.33. The highest BCUT2D eigenvalue weighted by Crippen LogP contribution is 2.24. The molecule has 0 saturated carbocycles. The van der Waals surface area contributed by atoms with E-state index in [0.29, 0.717) is 4.47 Å². The Morgan fingerprint density at radius 2 is 2.18 bits per heavy atom. The van der Waals surface area contributed by atoms with Gasteiger partial charge >= 0.3 is 0 Å². The molecule has 60 valence electrons. The number of benzene rings is 1. The Balaban J connectivity index is 3.05. The Hall–Kier alpha value is -0.0200. The van der Waals surface area contributed by atoms with Gasteiger partial charge in [-0.1, -0.05) is 6.07 Å². The molecular formula is C8H8BrFS. The number of rotatable bonds is 1. The Bertz CT molecular complexity index is 260. The van der Waals surface area contributed by atoms with Gasteiger partial charge in [0.1, 0.15) is 5.82 Å². The summed E-state index contributed by atoms with van der Waals surface area (Å²) in [7, 11) is 0. The summed E-state index contributed by atoms with van der Waals surface area (Å²) >= 11 is 7.33. The zero-order chi connectivity index (χ0) is 8.43. The molecular weight excluding hydrogens is 227 g/mol. The molecule has 1 rings (SSSR count). The van der Waals surface area contributed by atoms with Crippen LogP contribution in [0, 0.1) is 5.82 Å². The lowest BCUT2D eigenvalue weighted by molar-refractivity contribution is 0.620. The first kappa shape index (κ1) is 9.07. The Labute approximate surface area is 79.3 Å². The van der Waals surface area contributed by atoms with Gasteiger partial charge in [-0.15, -0.1) is 0 Å². The fourth-order valence-electron chi connectivity index (χ4n) is 0.772. The van der Waals surface area contributed by atoms with Gasteiger partial charge in [0.15, 0.2) is 0 Å². The lowest BCUT2D eigenvalue weighted by atomic mass is 10.2. The molecule has 0 aromatic heterocycles. The molecule has 3 heteroatoms. The summed E-state index contributed by atoms with van der Waals surface area (Å²) in [4.78, 5) is 0. The monoisotopic (exact) mass is 234 g/mol. The van der Waals surface area contributed by atoms with Gasteiger partial charge < -0.3 is 0 Å². The van der Waals surface area contributed by atoms with E-state index in [2.05, 4.69) is 28.6 Å². The summed E-state index contributed by atoms with van der Waals surface area (Å²) in [6, 6.07) is 4.91. The summed E-state index contributed by atoms with van der Waals surface area (Å²) in [6.07, 6.45) is 0. The van der Waals surface area contributed by atoms with Crippen LogP contribution >= 0.6 is 28.6 Å². The molecule has 0 spiro atoms. The van der Waals surface area contributed by atoms with Gasteiger partial charge in [-0.2, -0.15) is 12.6 Å². The van der Waals surface area contributed by atoms with Gasteiger partial charge in [-0.05, 0) is 40.5 Å². The molecule has 0 aliphatic rings. The highest BCUT2D eigenvalue weighted by Gasteiger charge is 2.03. The predicted octanol–water partition coefficient (Wildman–Crippen LogP) is 3.58. The number of halogens is 2. The molecule has 1 aromatic rings. The van der Waals surface area contributed by atoms with Crippen molar-refractivity contribution in [3.8, 4) is 0 Å². The van der Waals surface area contributed by atoms with Crippen molar-refractivity contribution in [1.29, 1.82) is 0 Å². The van der Waals surface area contributed by atoms with Gasteiger partial charge in [0.25, 0.3) is 0 Å². The molecule has 1 atom stereocenters. The van der Waals surface area contributed by atoms with Gasteiger partial charge in [-0.25, -0.2) is 4.39 Å². The zero-order valence-corrected chi connectivity index (χ0v) is 8.49. The van der Waals surface area contributed by atoms with E-state index < -0.39 is 0 Å². The van der Waals surface area contributed by atoms with E-state index in [9.17, 15) is 4.39 Å². The minimum atomic E-state index is -0.234. The molecule has 0 aliphatic heterocycles. The third-order valence-electron chi connectivity index (χ3n) is 1.43. The molecule has 11 heavy (non-hydrogen) atoms. The zero-order valence-electron chi connectivity index (χ0n) is 6.01. The van der Waals surface area contributed by atoms with Crippen molar-refractivity contribution in [3.05, 3.63) is 34.1 Å². The second kappa shape index (κ2) is 3.59. The molecule has 0 fully saturated rings. The molecule has 0 N–H and O–H groups in total. The second-order valence-electron chi connectivity index (χ2n) is 2.35. The van der Waals surface area contributed by atoms with Crippen LogP contribution in [0.5, 0.6) is 0 Å². The summed E-state index contributed by atoms with van der Waals surface area (Å²) < 4.78 is 13.2. The van der Waals surface area contributed by atoms with Gasteiger partial charge in [0.2, 0.25) is 0 Å². The van der Waals surface area contributed by atoms with Crippen LogP contribution in [-0.2, 0) is 0 Å². The normalized spacial score (nSPS) is 13.1. The van der Waals surface area contributed by atoms with Gasteiger partial charge in [0.05, 0.1) is 4.47 Å². The standard InChI is InChI=1S/C8H8BrFS/c1-5(11)6-2-3-8(10)7(9)4-6/h2-5,11H,1H3. The molecule has 0 amide bonds. The number of thiol groups is 1. The fraction of sp³-hybridized carbons (Fsp3) is 0.250. The topological polar surface area (TPSA) is 0 Å². The minimum absolute atomic E-state index is 0.145. The highest BCUT2D eigenvalue weighted by atomic mass is 79.9. The summed E-state index contributed by atoms with van der Waals surface area (Å²) in [5.74, 6) is -0.234. The van der Waals surface area contributed by atoms with Crippen LogP contribution in [-0.4, -0.2) is 0 Å². The van der Waals surface area contributed by atoms with Crippen molar-refractivity contribution in [3.63, 3.8) is 0 Å². The molecule has 0 saturated heterocycles. The smallest absolute Gasteiger partial charge is 0.137 e. The largest absolute Gasteiger partial charge is 0.206 e. The average Bonchev–Trinajstić information content (AvgIpc) is 1.94. The van der Waals surface area contributed by atoms with Crippen molar-refractivity contribution >= 4 is 28.6 Å². The van der Waals surface area contributed by atoms with E-state index in [1.165, 1.54) is 6.07 Å². The van der Waals surface area contributed by atoms with E-state index in [1.807, 2.05) is 6.92 Å². The maximum absolute atomic E-state index is 12.7. The molecule has 0 nitrogen and oxygen atoms in total. The molecule has 1 unspecified atom stereocenters. The van der Waals surface area contributed by atoms with Crippen molar-refractivity contribution in [2.75, 3.05) is 0 Å². The van der Waals surface area contributed by atoms with Crippen LogP contribution in [0.3, 0.4) is 0 Å². The quantitative estimate of drug-likeness (QED) is 0.706. The lowest BCUT2D eigenvalue weighted by Crippen LogP contribution is -1.85.